The van der Waals surface area contributed by atoms with Gasteiger partial charge in [0.15, 0.2) is 5.78 Å². The summed E-state index contributed by atoms with van der Waals surface area (Å²) in [6, 6.07) is 13.8. The van der Waals surface area contributed by atoms with Gasteiger partial charge in [-0.1, -0.05) is 49.7 Å². The lowest BCUT2D eigenvalue weighted by Gasteiger charge is -2.05. The Morgan fingerprint density at radius 1 is 1.00 bits per heavy atom. The SMILES string of the molecule is CCCc1ccc(C(=O)c2ccc3c(c2)COC3)cc1. The predicted octanol–water partition coefficient (Wildman–Crippen LogP) is 3.90. The fraction of sp³-hybridized carbons (Fsp3) is 0.278. The van der Waals surface area contributed by atoms with Crippen LogP contribution in [0.4, 0.5) is 0 Å². The number of ketones is 1. The largest absolute Gasteiger partial charge is 0.372 e. The normalized spacial score (nSPS) is 13.2. The highest BCUT2D eigenvalue weighted by atomic mass is 16.5. The van der Waals surface area contributed by atoms with Crippen molar-refractivity contribution in [3.63, 3.8) is 0 Å². The van der Waals surface area contributed by atoms with Gasteiger partial charge in [-0.25, -0.2) is 0 Å². The molecular formula is C18H18O2. The molecule has 1 aliphatic rings. The number of carbonyl (C=O) groups excluding carboxylic acids is 1. The van der Waals surface area contributed by atoms with Crippen LogP contribution in [0.25, 0.3) is 0 Å². The number of rotatable bonds is 4. The van der Waals surface area contributed by atoms with Gasteiger partial charge in [0.25, 0.3) is 0 Å². The minimum Gasteiger partial charge on any atom is -0.372 e. The molecule has 0 saturated heterocycles. The van der Waals surface area contributed by atoms with Gasteiger partial charge >= 0.3 is 0 Å². The van der Waals surface area contributed by atoms with Crippen LogP contribution in [0.3, 0.4) is 0 Å². The Morgan fingerprint density at radius 2 is 1.70 bits per heavy atom. The van der Waals surface area contributed by atoms with E-state index in [1.165, 1.54) is 11.1 Å². The van der Waals surface area contributed by atoms with E-state index in [0.29, 0.717) is 13.2 Å². The van der Waals surface area contributed by atoms with Crippen molar-refractivity contribution in [2.45, 2.75) is 33.0 Å². The van der Waals surface area contributed by atoms with Crippen molar-refractivity contribution >= 4 is 5.78 Å². The summed E-state index contributed by atoms with van der Waals surface area (Å²) >= 11 is 0. The summed E-state index contributed by atoms with van der Waals surface area (Å²) in [6.07, 6.45) is 2.18. The summed E-state index contributed by atoms with van der Waals surface area (Å²) in [5.74, 6) is 0.0859. The molecule has 0 fully saturated rings. The maximum Gasteiger partial charge on any atom is 0.193 e. The van der Waals surface area contributed by atoms with E-state index in [9.17, 15) is 4.79 Å². The Hall–Kier alpha value is -1.93. The number of carbonyl (C=O) groups is 1. The molecule has 0 amide bonds. The van der Waals surface area contributed by atoms with Gasteiger partial charge in [0.2, 0.25) is 0 Å². The van der Waals surface area contributed by atoms with E-state index in [1.807, 2.05) is 42.5 Å². The fourth-order valence-electron chi connectivity index (χ4n) is 2.59. The van der Waals surface area contributed by atoms with Gasteiger partial charge in [0.05, 0.1) is 13.2 Å². The second-order valence-corrected chi connectivity index (χ2v) is 5.25. The van der Waals surface area contributed by atoms with Crippen molar-refractivity contribution in [1.29, 1.82) is 0 Å². The lowest BCUT2D eigenvalue weighted by molar-refractivity contribution is 0.103. The third-order valence-electron chi connectivity index (χ3n) is 3.74. The summed E-state index contributed by atoms with van der Waals surface area (Å²) in [4.78, 5) is 12.5. The van der Waals surface area contributed by atoms with E-state index >= 15 is 0 Å². The lowest BCUT2D eigenvalue weighted by atomic mass is 9.98. The maximum absolute atomic E-state index is 12.5. The molecule has 2 heteroatoms. The van der Waals surface area contributed by atoms with E-state index in [1.54, 1.807) is 0 Å². The highest BCUT2D eigenvalue weighted by Crippen LogP contribution is 2.22. The molecule has 2 aromatic carbocycles. The number of fused-ring (bicyclic) bond motifs is 1. The highest BCUT2D eigenvalue weighted by Gasteiger charge is 2.15. The second kappa shape index (κ2) is 5.59. The van der Waals surface area contributed by atoms with Crippen LogP contribution >= 0.6 is 0 Å². The number of hydrogen-bond donors (Lipinski definition) is 0. The molecule has 1 aliphatic heterocycles. The molecule has 0 aromatic heterocycles. The van der Waals surface area contributed by atoms with Crippen LogP contribution in [-0.2, 0) is 24.4 Å². The zero-order valence-electron chi connectivity index (χ0n) is 11.7. The number of aryl methyl sites for hydroxylation is 1. The third-order valence-corrected chi connectivity index (χ3v) is 3.74. The van der Waals surface area contributed by atoms with E-state index in [2.05, 4.69) is 6.92 Å². The first kappa shape index (κ1) is 13.1. The molecule has 0 atom stereocenters. The molecule has 0 radical (unpaired) electrons. The van der Waals surface area contributed by atoms with E-state index in [-0.39, 0.29) is 5.78 Å². The van der Waals surface area contributed by atoms with E-state index < -0.39 is 0 Å². The average Bonchev–Trinajstić information content (AvgIpc) is 2.95. The molecular weight excluding hydrogens is 248 g/mol. The van der Waals surface area contributed by atoms with Crippen LogP contribution in [0.1, 0.15) is 46.0 Å². The zero-order chi connectivity index (χ0) is 13.9. The first-order valence-corrected chi connectivity index (χ1v) is 7.11. The van der Waals surface area contributed by atoms with Gasteiger partial charge in [0, 0.05) is 11.1 Å². The van der Waals surface area contributed by atoms with Crippen LogP contribution in [0, 0.1) is 0 Å². The van der Waals surface area contributed by atoms with Crippen LogP contribution in [0.15, 0.2) is 42.5 Å². The molecule has 0 spiro atoms. The minimum absolute atomic E-state index is 0.0859. The van der Waals surface area contributed by atoms with E-state index in [4.69, 9.17) is 4.74 Å². The van der Waals surface area contributed by atoms with Gasteiger partial charge in [-0.2, -0.15) is 0 Å². The van der Waals surface area contributed by atoms with Crippen molar-refractivity contribution in [1.82, 2.24) is 0 Å². The lowest BCUT2D eigenvalue weighted by Crippen LogP contribution is -2.02. The van der Waals surface area contributed by atoms with Gasteiger partial charge in [-0.05, 0) is 29.2 Å². The predicted molar refractivity (Wildman–Crippen MR) is 78.8 cm³/mol. The van der Waals surface area contributed by atoms with Gasteiger partial charge in [-0.15, -0.1) is 0 Å². The molecule has 0 unspecified atom stereocenters. The Bertz CT molecular complexity index is 626. The topological polar surface area (TPSA) is 26.3 Å². The Morgan fingerprint density at radius 3 is 2.45 bits per heavy atom. The van der Waals surface area contributed by atoms with Crippen LogP contribution in [-0.4, -0.2) is 5.78 Å². The van der Waals surface area contributed by atoms with Crippen molar-refractivity contribution < 1.29 is 9.53 Å². The summed E-state index contributed by atoms with van der Waals surface area (Å²) in [6.45, 7) is 3.44. The van der Waals surface area contributed by atoms with Crippen LogP contribution in [0.5, 0.6) is 0 Å². The van der Waals surface area contributed by atoms with Crippen molar-refractivity contribution in [3.05, 3.63) is 70.3 Å². The molecule has 20 heavy (non-hydrogen) atoms. The molecule has 1 heterocycles. The van der Waals surface area contributed by atoms with Crippen LogP contribution < -0.4 is 0 Å². The molecule has 0 aliphatic carbocycles. The standard InChI is InChI=1S/C18H18O2/c1-2-3-13-4-6-14(7-5-13)18(19)15-8-9-16-11-20-12-17(16)10-15/h4-10H,2-3,11-12H2,1H3. The average molecular weight is 266 g/mol. The Labute approximate surface area is 119 Å². The monoisotopic (exact) mass is 266 g/mol. The third kappa shape index (κ3) is 2.52. The molecule has 2 nitrogen and oxygen atoms in total. The minimum atomic E-state index is 0.0859. The van der Waals surface area contributed by atoms with Gasteiger partial charge in [0.1, 0.15) is 0 Å². The molecule has 102 valence electrons. The fourth-order valence-corrected chi connectivity index (χ4v) is 2.59. The second-order valence-electron chi connectivity index (χ2n) is 5.25. The first-order chi connectivity index (χ1) is 9.78. The molecule has 0 N–H and O–H groups in total. The molecule has 3 rings (SSSR count). The zero-order valence-corrected chi connectivity index (χ0v) is 11.7. The van der Waals surface area contributed by atoms with Crippen molar-refractivity contribution in [3.8, 4) is 0 Å². The summed E-state index contributed by atoms with van der Waals surface area (Å²) in [5.41, 5.74) is 5.12. The van der Waals surface area contributed by atoms with Gasteiger partial charge < -0.3 is 4.74 Å². The number of benzene rings is 2. The van der Waals surface area contributed by atoms with Crippen molar-refractivity contribution in [2.75, 3.05) is 0 Å². The quantitative estimate of drug-likeness (QED) is 0.784. The Balaban J connectivity index is 1.84. The first-order valence-electron chi connectivity index (χ1n) is 7.11. The number of ether oxygens (including phenoxy) is 1. The Kier molecular flexibility index (Phi) is 3.66. The van der Waals surface area contributed by atoms with Crippen LogP contribution in [0.2, 0.25) is 0 Å². The van der Waals surface area contributed by atoms with Gasteiger partial charge in [-0.3, -0.25) is 4.79 Å². The van der Waals surface area contributed by atoms with Crippen molar-refractivity contribution in [2.24, 2.45) is 0 Å². The smallest absolute Gasteiger partial charge is 0.193 e. The summed E-state index contributed by atoms with van der Waals surface area (Å²) in [7, 11) is 0. The molecule has 2 aromatic rings. The molecule has 0 saturated carbocycles. The highest BCUT2D eigenvalue weighted by molar-refractivity contribution is 6.09. The molecule has 0 bridgehead atoms. The number of hydrogen-bond acceptors (Lipinski definition) is 2. The maximum atomic E-state index is 12.5. The summed E-state index contributed by atoms with van der Waals surface area (Å²) < 4.78 is 5.39. The van der Waals surface area contributed by atoms with E-state index in [0.717, 1.165) is 29.5 Å². The summed E-state index contributed by atoms with van der Waals surface area (Å²) in [5, 5.41) is 0.